The monoisotopic (exact) mass is 307 g/mol. The molecule has 0 saturated heterocycles. The maximum atomic E-state index is 11.9. The van der Waals surface area contributed by atoms with Crippen LogP contribution in [0.1, 0.15) is 30.1 Å². The summed E-state index contributed by atoms with van der Waals surface area (Å²) in [6.45, 7) is 3.11. The molecule has 3 N–H and O–H groups in total. The highest BCUT2D eigenvalue weighted by Gasteiger charge is 2.08. The number of hydrogen-bond acceptors (Lipinski definition) is 4. The van der Waals surface area contributed by atoms with Gasteiger partial charge in [-0.15, -0.1) is 0 Å². The number of nitrogens with one attached hydrogen (secondary N) is 2. The Kier molecular flexibility index (Phi) is 7.56. The van der Waals surface area contributed by atoms with E-state index >= 15 is 0 Å². The van der Waals surface area contributed by atoms with Crippen molar-refractivity contribution in [2.45, 2.75) is 25.9 Å². The van der Waals surface area contributed by atoms with Crippen molar-refractivity contribution in [3.8, 4) is 0 Å². The van der Waals surface area contributed by atoms with Crippen molar-refractivity contribution in [1.29, 1.82) is 0 Å². The van der Waals surface area contributed by atoms with Gasteiger partial charge in [0.2, 0.25) is 5.91 Å². The van der Waals surface area contributed by atoms with Gasteiger partial charge in [0.25, 0.3) is 5.91 Å². The van der Waals surface area contributed by atoms with Gasteiger partial charge in [-0.2, -0.15) is 0 Å². The molecule has 0 aromatic heterocycles. The summed E-state index contributed by atoms with van der Waals surface area (Å²) in [5, 5.41) is 14.7. The lowest BCUT2D eigenvalue weighted by molar-refractivity contribution is -0.117. The van der Waals surface area contributed by atoms with Gasteiger partial charge in [0.1, 0.15) is 0 Å². The van der Waals surface area contributed by atoms with Crippen LogP contribution in [0.4, 0.5) is 5.69 Å². The van der Waals surface area contributed by atoms with Crippen LogP contribution in [-0.2, 0) is 4.79 Å². The van der Waals surface area contributed by atoms with Gasteiger partial charge >= 0.3 is 0 Å². The SMILES string of the molecule is CC(O)CC(=O)Nc1ccc(C(=O)NCCCN(C)C)cc1. The lowest BCUT2D eigenvalue weighted by atomic mass is 10.2. The van der Waals surface area contributed by atoms with Crippen LogP contribution >= 0.6 is 0 Å². The second kappa shape index (κ2) is 9.17. The molecular formula is C16H25N3O3. The Morgan fingerprint density at radius 1 is 1.23 bits per heavy atom. The molecule has 6 nitrogen and oxygen atoms in total. The smallest absolute Gasteiger partial charge is 0.251 e. The van der Waals surface area contributed by atoms with Crippen molar-refractivity contribution in [2.24, 2.45) is 0 Å². The fourth-order valence-corrected chi connectivity index (χ4v) is 1.88. The topological polar surface area (TPSA) is 81.7 Å². The maximum absolute atomic E-state index is 11.9. The second-order valence-electron chi connectivity index (χ2n) is 5.59. The average Bonchev–Trinajstić information content (AvgIpc) is 2.43. The molecule has 0 bridgehead atoms. The van der Waals surface area contributed by atoms with Gasteiger partial charge in [-0.05, 0) is 58.3 Å². The highest BCUT2D eigenvalue weighted by Crippen LogP contribution is 2.10. The van der Waals surface area contributed by atoms with Gasteiger partial charge in [-0.25, -0.2) is 0 Å². The van der Waals surface area contributed by atoms with Gasteiger partial charge in [-0.3, -0.25) is 9.59 Å². The molecule has 0 fully saturated rings. The quantitative estimate of drug-likeness (QED) is 0.628. The molecule has 0 aliphatic carbocycles. The predicted octanol–water partition coefficient (Wildman–Crippen LogP) is 1.08. The van der Waals surface area contributed by atoms with Gasteiger partial charge in [0, 0.05) is 17.8 Å². The molecule has 0 heterocycles. The molecular weight excluding hydrogens is 282 g/mol. The summed E-state index contributed by atoms with van der Waals surface area (Å²) in [7, 11) is 3.98. The molecule has 2 amide bonds. The van der Waals surface area contributed by atoms with E-state index in [4.69, 9.17) is 5.11 Å². The molecule has 0 spiro atoms. The van der Waals surface area contributed by atoms with E-state index in [1.54, 1.807) is 31.2 Å². The third-order valence-electron chi connectivity index (χ3n) is 2.98. The molecule has 0 aliphatic heterocycles. The molecule has 6 heteroatoms. The number of amides is 2. The highest BCUT2D eigenvalue weighted by molar-refractivity contribution is 5.95. The lowest BCUT2D eigenvalue weighted by Crippen LogP contribution is -2.27. The number of aliphatic hydroxyl groups excluding tert-OH is 1. The summed E-state index contributed by atoms with van der Waals surface area (Å²) in [4.78, 5) is 25.5. The summed E-state index contributed by atoms with van der Waals surface area (Å²) in [6, 6.07) is 6.68. The van der Waals surface area contributed by atoms with E-state index in [1.807, 2.05) is 14.1 Å². The average molecular weight is 307 g/mol. The fraction of sp³-hybridized carbons (Fsp3) is 0.500. The van der Waals surface area contributed by atoms with Crippen LogP contribution in [-0.4, -0.2) is 55.1 Å². The Morgan fingerprint density at radius 3 is 2.41 bits per heavy atom. The number of anilines is 1. The van der Waals surface area contributed by atoms with Crippen LogP contribution in [0.3, 0.4) is 0 Å². The number of aliphatic hydroxyl groups is 1. The zero-order valence-electron chi connectivity index (χ0n) is 13.4. The van der Waals surface area contributed by atoms with E-state index in [0.717, 1.165) is 13.0 Å². The summed E-state index contributed by atoms with van der Waals surface area (Å²) >= 11 is 0. The van der Waals surface area contributed by atoms with Gasteiger partial charge in [-0.1, -0.05) is 0 Å². The second-order valence-corrected chi connectivity index (χ2v) is 5.59. The Bertz CT molecular complexity index is 484. The number of carbonyl (C=O) groups excluding carboxylic acids is 2. The zero-order valence-corrected chi connectivity index (χ0v) is 13.4. The van der Waals surface area contributed by atoms with Gasteiger partial charge < -0.3 is 20.6 Å². The Labute approximate surface area is 131 Å². The molecule has 1 aromatic rings. The minimum atomic E-state index is -0.674. The van der Waals surface area contributed by atoms with Crippen LogP contribution in [0.15, 0.2) is 24.3 Å². The largest absolute Gasteiger partial charge is 0.393 e. The number of nitrogens with zero attached hydrogens (tertiary/aromatic N) is 1. The number of rotatable bonds is 8. The third kappa shape index (κ3) is 7.19. The molecule has 122 valence electrons. The van der Waals surface area contributed by atoms with E-state index in [9.17, 15) is 9.59 Å². The zero-order chi connectivity index (χ0) is 16.5. The van der Waals surface area contributed by atoms with Crippen LogP contribution < -0.4 is 10.6 Å². The number of benzene rings is 1. The summed E-state index contributed by atoms with van der Waals surface area (Å²) in [5.41, 5.74) is 1.16. The lowest BCUT2D eigenvalue weighted by Gasteiger charge is -2.10. The highest BCUT2D eigenvalue weighted by atomic mass is 16.3. The first-order valence-electron chi connectivity index (χ1n) is 7.39. The molecule has 0 saturated carbocycles. The maximum Gasteiger partial charge on any atom is 0.251 e. The molecule has 0 aliphatic rings. The standard InChI is InChI=1S/C16H25N3O3/c1-12(20)11-15(21)18-14-7-5-13(6-8-14)16(22)17-9-4-10-19(2)3/h5-8,12,20H,4,9-11H2,1-3H3,(H,17,22)(H,18,21). The molecule has 1 aromatic carbocycles. The van der Waals surface area contributed by atoms with Crippen LogP contribution in [0.25, 0.3) is 0 Å². The first kappa shape index (κ1) is 18.1. The van der Waals surface area contributed by atoms with Crippen molar-refractivity contribution in [2.75, 3.05) is 32.5 Å². The van der Waals surface area contributed by atoms with E-state index in [0.29, 0.717) is 17.8 Å². The third-order valence-corrected chi connectivity index (χ3v) is 2.98. The van der Waals surface area contributed by atoms with Crippen molar-refractivity contribution in [1.82, 2.24) is 10.2 Å². The molecule has 1 atom stereocenters. The van der Waals surface area contributed by atoms with E-state index in [2.05, 4.69) is 15.5 Å². The normalized spacial score (nSPS) is 12.0. The molecule has 0 radical (unpaired) electrons. The predicted molar refractivity (Wildman–Crippen MR) is 86.9 cm³/mol. The van der Waals surface area contributed by atoms with E-state index in [1.165, 1.54) is 0 Å². The molecule has 22 heavy (non-hydrogen) atoms. The fourth-order valence-electron chi connectivity index (χ4n) is 1.88. The van der Waals surface area contributed by atoms with E-state index in [-0.39, 0.29) is 18.2 Å². The first-order chi connectivity index (χ1) is 10.4. The summed E-state index contributed by atoms with van der Waals surface area (Å²) < 4.78 is 0. The Hall–Kier alpha value is -1.92. The van der Waals surface area contributed by atoms with Crippen LogP contribution in [0.5, 0.6) is 0 Å². The van der Waals surface area contributed by atoms with Crippen molar-refractivity contribution < 1.29 is 14.7 Å². The van der Waals surface area contributed by atoms with Crippen molar-refractivity contribution >= 4 is 17.5 Å². The van der Waals surface area contributed by atoms with Gasteiger partial charge in [0.15, 0.2) is 0 Å². The summed E-state index contributed by atoms with van der Waals surface area (Å²) in [5.74, 6) is -0.378. The minimum Gasteiger partial charge on any atom is -0.393 e. The van der Waals surface area contributed by atoms with Gasteiger partial charge in [0.05, 0.1) is 12.5 Å². The Balaban J connectivity index is 2.43. The number of hydrogen-bond donors (Lipinski definition) is 3. The Morgan fingerprint density at radius 2 is 1.86 bits per heavy atom. The van der Waals surface area contributed by atoms with E-state index < -0.39 is 6.10 Å². The molecule has 1 rings (SSSR count). The van der Waals surface area contributed by atoms with Crippen LogP contribution in [0.2, 0.25) is 0 Å². The first-order valence-corrected chi connectivity index (χ1v) is 7.39. The molecule has 1 unspecified atom stereocenters. The minimum absolute atomic E-state index is 0.0497. The number of carbonyl (C=O) groups is 2. The van der Waals surface area contributed by atoms with Crippen LogP contribution in [0, 0.1) is 0 Å². The van der Waals surface area contributed by atoms with Crippen molar-refractivity contribution in [3.05, 3.63) is 29.8 Å². The summed E-state index contributed by atoms with van der Waals surface area (Å²) in [6.07, 6.45) is 0.271. The van der Waals surface area contributed by atoms with Crippen molar-refractivity contribution in [3.63, 3.8) is 0 Å².